The number of ether oxygens (including phenoxy) is 1. The van der Waals surface area contributed by atoms with Crippen LogP contribution in [-0.4, -0.2) is 20.3 Å². The number of nitrogens with zero attached hydrogens (tertiary/aromatic N) is 4. The number of hydrogen-bond acceptors (Lipinski definition) is 6. The number of nitrogen functional groups attached to an aromatic ring is 1. The van der Waals surface area contributed by atoms with E-state index in [1.165, 1.54) is 4.79 Å². The van der Waals surface area contributed by atoms with E-state index in [4.69, 9.17) is 22.1 Å². The van der Waals surface area contributed by atoms with Gasteiger partial charge in [0.05, 0.1) is 6.54 Å². The number of tetrazole rings is 1. The van der Waals surface area contributed by atoms with Gasteiger partial charge in [-0.15, -0.1) is 4.79 Å². The minimum atomic E-state index is 0.216. The highest BCUT2D eigenvalue weighted by Crippen LogP contribution is 2.15. The molecular formula is C15H15ClN6O. The van der Waals surface area contributed by atoms with Crippen molar-refractivity contribution in [3.05, 3.63) is 64.7 Å². The zero-order chi connectivity index (χ0) is 16.1. The number of hydrogen-bond donors (Lipinski definition) is 2. The van der Waals surface area contributed by atoms with Gasteiger partial charge in [0.1, 0.15) is 12.4 Å². The summed E-state index contributed by atoms with van der Waals surface area (Å²) in [6, 6.07) is 15.3. The molecule has 3 aromatic rings. The van der Waals surface area contributed by atoms with E-state index in [0.29, 0.717) is 18.2 Å². The normalized spacial score (nSPS) is 10.5. The molecule has 0 aliphatic rings. The van der Waals surface area contributed by atoms with Gasteiger partial charge in [0.15, 0.2) is 0 Å². The highest BCUT2D eigenvalue weighted by Gasteiger charge is 2.01. The van der Waals surface area contributed by atoms with Crippen LogP contribution in [0.25, 0.3) is 0 Å². The zero-order valence-electron chi connectivity index (χ0n) is 12.2. The van der Waals surface area contributed by atoms with Crippen LogP contribution in [0.4, 0.5) is 5.95 Å². The lowest BCUT2D eigenvalue weighted by Gasteiger charge is -2.09. The Morgan fingerprint density at radius 3 is 2.39 bits per heavy atom. The number of aromatic nitrogens is 4. The molecule has 118 valence electrons. The summed E-state index contributed by atoms with van der Waals surface area (Å²) in [5.74, 6) is 1.01. The average Bonchev–Trinajstić information content (AvgIpc) is 2.98. The Labute approximate surface area is 138 Å². The van der Waals surface area contributed by atoms with Crippen LogP contribution >= 0.6 is 11.6 Å². The topological polar surface area (TPSA) is 90.9 Å². The first-order valence-electron chi connectivity index (χ1n) is 6.94. The van der Waals surface area contributed by atoms with E-state index in [9.17, 15) is 0 Å². The SMILES string of the molecule is Nc1nnnn1NCc1ccc(OCc2ccc(Cl)cc2)cc1. The maximum absolute atomic E-state index is 5.85. The molecule has 0 saturated heterocycles. The smallest absolute Gasteiger partial charge is 0.260 e. The van der Waals surface area contributed by atoms with Gasteiger partial charge < -0.3 is 15.9 Å². The molecule has 0 amide bonds. The van der Waals surface area contributed by atoms with Crippen LogP contribution in [0, 0.1) is 0 Å². The highest BCUT2D eigenvalue weighted by atomic mass is 35.5. The van der Waals surface area contributed by atoms with E-state index in [0.717, 1.165) is 16.9 Å². The minimum absolute atomic E-state index is 0.216. The molecule has 23 heavy (non-hydrogen) atoms. The van der Waals surface area contributed by atoms with Crippen molar-refractivity contribution < 1.29 is 4.74 Å². The quantitative estimate of drug-likeness (QED) is 0.720. The molecule has 3 N–H and O–H groups in total. The number of nitrogens with one attached hydrogen (secondary N) is 1. The van der Waals surface area contributed by atoms with Crippen molar-refractivity contribution >= 4 is 17.5 Å². The fourth-order valence-corrected chi connectivity index (χ4v) is 2.05. The van der Waals surface area contributed by atoms with Crippen LogP contribution in [0.2, 0.25) is 5.02 Å². The van der Waals surface area contributed by atoms with E-state index in [-0.39, 0.29) is 5.95 Å². The van der Waals surface area contributed by atoms with E-state index >= 15 is 0 Å². The number of halogens is 1. The first kappa shape index (κ1) is 15.1. The van der Waals surface area contributed by atoms with Crippen molar-refractivity contribution in [3.8, 4) is 5.75 Å². The molecule has 1 aromatic heterocycles. The maximum Gasteiger partial charge on any atom is 0.260 e. The third-order valence-corrected chi connectivity index (χ3v) is 3.42. The molecule has 0 saturated carbocycles. The summed E-state index contributed by atoms with van der Waals surface area (Å²) in [5.41, 5.74) is 10.7. The van der Waals surface area contributed by atoms with Crippen molar-refractivity contribution in [2.75, 3.05) is 11.2 Å². The van der Waals surface area contributed by atoms with Crippen LogP contribution in [0.15, 0.2) is 48.5 Å². The zero-order valence-corrected chi connectivity index (χ0v) is 12.9. The first-order valence-corrected chi connectivity index (χ1v) is 7.32. The highest BCUT2D eigenvalue weighted by molar-refractivity contribution is 6.30. The second-order valence-corrected chi connectivity index (χ2v) is 5.28. The predicted octanol–water partition coefficient (Wildman–Crippen LogP) is 2.23. The second kappa shape index (κ2) is 6.97. The second-order valence-electron chi connectivity index (χ2n) is 4.84. The maximum atomic E-state index is 5.85. The number of rotatable bonds is 6. The van der Waals surface area contributed by atoms with Crippen molar-refractivity contribution in [2.45, 2.75) is 13.2 Å². The molecule has 0 radical (unpaired) electrons. The summed E-state index contributed by atoms with van der Waals surface area (Å²) < 4.78 is 5.74. The number of benzene rings is 2. The van der Waals surface area contributed by atoms with Gasteiger partial charge in [0.2, 0.25) is 0 Å². The van der Waals surface area contributed by atoms with Crippen LogP contribution < -0.4 is 15.9 Å². The fourth-order valence-electron chi connectivity index (χ4n) is 1.92. The van der Waals surface area contributed by atoms with Gasteiger partial charge in [-0.3, -0.25) is 0 Å². The Morgan fingerprint density at radius 1 is 1.04 bits per heavy atom. The molecule has 0 aliphatic carbocycles. The van der Waals surface area contributed by atoms with E-state index < -0.39 is 0 Å². The molecule has 0 aliphatic heterocycles. The Morgan fingerprint density at radius 2 is 1.74 bits per heavy atom. The van der Waals surface area contributed by atoms with Crippen molar-refractivity contribution in [2.24, 2.45) is 0 Å². The molecule has 7 nitrogen and oxygen atoms in total. The van der Waals surface area contributed by atoms with Crippen LogP contribution in [0.1, 0.15) is 11.1 Å². The molecule has 2 aromatic carbocycles. The third kappa shape index (κ3) is 4.10. The van der Waals surface area contributed by atoms with Gasteiger partial charge in [-0.05, 0) is 45.8 Å². The molecule has 8 heteroatoms. The number of nitrogens with two attached hydrogens (primary N) is 1. The van der Waals surface area contributed by atoms with Crippen molar-refractivity contribution in [1.82, 2.24) is 20.3 Å². The Hall–Kier alpha value is -2.80. The Bertz CT molecular complexity index is 756. The van der Waals surface area contributed by atoms with Gasteiger partial charge in [-0.2, -0.15) is 0 Å². The standard InChI is InChI=1S/C15H15ClN6O/c16-13-5-1-12(2-6-13)10-23-14-7-3-11(4-8-14)9-18-22-15(17)19-20-21-22/h1-8,18H,9-10H2,(H2,17,19,21). The summed E-state index contributed by atoms with van der Waals surface area (Å²) in [7, 11) is 0. The summed E-state index contributed by atoms with van der Waals surface area (Å²) in [5, 5.41) is 11.5. The molecule has 1 heterocycles. The molecular weight excluding hydrogens is 316 g/mol. The molecule has 0 fully saturated rings. The summed E-state index contributed by atoms with van der Waals surface area (Å²) in [6.45, 7) is 1.04. The average molecular weight is 331 g/mol. The van der Waals surface area contributed by atoms with Crippen molar-refractivity contribution in [1.29, 1.82) is 0 Å². The first-order chi connectivity index (χ1) is 11.2. The van der Waals surface area contributed by atoms with Crippen molar-refractivity contribution in [3.63, 3.8) is 0 Å². The van der Waals surface area contributed by atoms with Gasteiger partial charge in [0.25, 0.3) is 5.95 Å². The largest absolute Gasteiger partial charge is 0.489 e. The number of anilines is 1. The van der Waals surface area contributed by atoms with Gasteiger partial charge in [0, 0.05) is 5.02 Å². The Kier molecular flexibility index (Phi) is 4.58. The van der Waals surface area contributed by atoms with Gasteiger partial charge in [-0.25, -0.2) is 0 Å². The van der Waals surface area contributed by atoms with E-state index in [1.807, 2.05) is 48.5 Å². The van der Waals surface area contributed by atoms with E-state index in [1.54, 1.807) is 0 Å². The molecule has 3 rings (SSSR count). The lowest BCUT2D eigenvalue weighted by molar-refractivity contribution is 0.306. The fraction of sp³-hybridized carbons (Fsp3) is 0.133. The molecule has 0 bridgehead atoms. The molecule has 0 unspecified atom stereocenters. The van der Waals surface area contributed by atoms with Crippen LogP contribution in [-0.2, 0) is 13.2 Å². The monoisotopic (exact) mass is 330 g/mol. The lowest BCUT2D eigenvalue weighted by atomic mass is 10.2. The van der Waals surface area contributed by atoms with Crippen LogP contribution in [0.3, 0.4) is 0 Å². The predicted molar refractivity (Wildman–Crippen MR) is 87.5 cm³/mol. The lowest BCUT2D eigenvalue weighted by Crippen LogP contribution is -2.18. The van der Waals surface area contributed by atoms with Crippen LogP contribution in [0.5, 0.6) is 5.75 Å². The van der Waals surface area contributed by atoms with Gasteiger partial charge in [-0.1, -0.05) is 41.0 Å². The molecule has 0 spiro atoms. The summed E-state index contributed by atoms with van der Waals surface area (Å²) in [6.07, 6.45) is 0. The summed E-state index contributed by atoms with van der Waals surface area (Å²) in [4.78, 5) is 1.32. The molecule has 0 atom stereocenters. The summed E-state index contributed by atoms with van der Waals surface area (Å²) >= 11 is 5.85. The van der Waals surface area contributed by atoms with Gasteiger partial charge >= 0.3 is 0 Å². The van der Waals surface area contributed by atoms with E-state index in [2.05, 4.69) is 21.0 Å². The third-order valence-electron chi connectivity index (χ3n) is 3.17. The Balaban J connectivity index is 1.52. The minimum Gasteiger partial charge on any atom is -0.489 e.